The molecular weight excluding hydrogens is 326 g/mol. The third-order valence-electron chi connectivity index (χ3n) is 4.25. The highest BCUT2D eigenvalue weighted by atomic mass is 32.1. The van der Waals surface area contributed by atoms with Gasteiger partial charge in [-0.2, -0.15) is 0 Å². The largest absolute Gasteiger partial charge is 0.379 e. The molecule has 3 aromatic rings. The Balaban J connectivity index is 1.56. The van der Waals surface area contributed by atoms with E-state index in [0.29, 0.717) is 11.7 Å². The van der Waals surface area contributed by atoms with E-state index in [9.17, 15) is 0 Å². The molecule has 0 aromatic carbocycles. The Kier molecular flexibility index (Phi) is 4.37. The average molecular weight is 345 g/mol. The number of anilines is 1. The molecule has 24 heavy (non-hydrogen) atoms. The van der Waals surface area contributed by atoms with Crippen molar-refractivity contribution in [1.82, 2.24) is 30.2 Å². The first kappa shape index (κ1) is 15.4. The van der Waals surface area contributed by atoms with Crippen LogP contribution in [0.4, 0.5) is 5.82 Å². The molecule has 0 amide bonds. The van der Waals surface area contributed by atoms with Crippen molar-refractivity contribution in [3.8, 4) is 0 Å². The summed E-state index contributed by atoms with van der Waals surface area (Å²) >= 11 is 1.80. The van der Waals surface area contributed by atoms with E-state index in [-0.39, 0.29) is 0 Å². The lowest BCUT2D eigenvalue weighted by Crippen LogP contribution is -2.43. The van der Waals surface area contributed by atoms with Crippen LogP contribution in [0.15, 0.2) is 29.6 Å². The van der Waals surface area contributed by atoms with Gasteiger partial charge in [0, 0.05) is 31.6 Å². The van der Waals surface area contributed by atoms with Crippen LogP contribution in [0.2, 0.25) is 0 Å². The topological polar surface area (TPSA) is 71.7 Å². The monoisotopic (exact) mass is 345 g/mol. The molecule has 126 valence electrons. The van der Waals surface area contributed by atoms with E-state index in [2.05, 4.69) is 55.0 Å². The maximum Gasteiger partial charge on any atom is 0.200 e. The first-order chi connectivity index (χ1) is 11.8. The van der Waals surface area contributed by atoms with Crippen LogP contribution in [-0.4, -0.2) is 70.0 Å². The maximum absolute atomic E-state index is 5.51. The van der Waals surface area contributed by atoms with Gasteiger partial charge in [0.15, 0.2) is 11.5 Å². The Labute approximate surface area is 143 Å². The van der Waals surface area contributed by atoms with Crippen molar-refractivity contribution in [1.29, 1.82) is 0 Å². The number of ether oxygens (including phenoxy) is 1. The van der Waals surface area contributed by atoms with Crippen LogP contribution in [0.1, 0.15) is 10.9 Å². The fraction of sp³-hybridized carbons (Fsp3) is 0.467. The molecule has 1 unspecified atom stereocenters. The van der Waals surface area contributed by atoms with E-state index in [1.165, 1.54) is 9.51 Å². The fourth-order valence-corrected chi connectivity index (χ4v) is 3.80. The van der Waals surface area contributed by atoms with E-state index >= 15 is 0 Å². The van der Waals surface area contributed by atoms with E-state index in [1.807, 2.05) is 12.1 Å². The minimum Gasteiger partial charge on any atom is -0.379 e. The number of tetrazole rings is 1. The zero-order valence-electron chi connectivity index (χ0n) is 13.4. The fourth-order valence-electron chi connectivity index (χ4n) is 2.95. The predicted molar refractivity (Wildman–Crippen MR) is 91.3 cm³/mol. The molecule has 1 saturated heterocycles. The third-order valence-corrected chi connectivity index (χ3v) is 5.22. The lowest BCUT2D eigenvalue weighted by atomic mass is 10.1. The average Bonchev–Trinajstić information content (AvgIpc) is 3.31. The van der Waals surface area contributed by atoms with Crippen LogP contribution >= 0.6 is 11.3 Å². The van der Waals surface area contributed by atoms with Gasteiger partial charge in [-0.15, -0.1) is 26.2 Å². The van der Waals surface area contributed by atoms with Gasteiger partial charge in [-0.05, 0) is 34.0 Å². The van der Waals surface area contributed by atoms with Gasteiger partial charge in [-0.25, -0.2) is 0 Å². The number of likely N-dealkylation sites (N-methyl/N-ethyl adjacent to an activating group) is 1. The number of hydrogen-bond donors (Lipinski definition) is 0. The van der Waals surface area contributed by atoms with Crippen molar-refractivity contribution < 1.29 is 4.74 Å². The zero-order valence-corrected chi connectivity index (χ0v) is 14.3. The molecule has 0 saturated carbocycles. The second-order valence-corrected chi connectivity index (χ2v) is 6.76. The summed E-state index contributed by atoms with van der Waals surface area (Å²) in [5.74, 6) is 0.851. The Morgan fingerprint density at radius 3 is 2.96 bits per heavy atom. The molecule has 1 fully saturated rings. The van der Waals surface area contributed by atoms with Crippen molar-refractivity contribution in [3.05, 3.63) is 34.5 Å². The molecule has 9 heteroatoms. The lowest BCUT2D eigenvalue weighted by molar-refractivity contribution is 0.0183. The summed E-state index contributed by atoms with van der Waals surface area (Å²) in [7, 11) is 2.06. The molecule has 4 heterocycles. The van der Waals surface area contributed by atoms with Crippen molar-refractivity contribution in [2.45, 2.75) is 6.04 Å². The summed E-state index contributed by atoms with van der Waals surface area (Å²) in [6.45, 7) is 4.34. The van der Waals surface area contributed by atoms with E-state index < -0.39 is 0 Å². The first-order valence-corrected chi connectivity index (χ1v) is 8.81. The molecule has 0 spiro atoms. The van der Waals surface area contributed by atoms with Crippen LogP contribution in [0, 0.1) is 0 Å². The van der Waals surface area contributed by atoms with E-state index in [1.54, 1.807) is 11.3 Å². The van der Waals surface area contributed by atoms with Gasteiger partial charge in [-0.1, -0.05) is 6.07 Å². The van der Waals surface area contributed by atoms with Gasteiger partial charge in [0.05, 0.1) is 19.3 Å². The van der Waals surface area contributed by atoms with Gasteiger partial charge < -0.3 is 9.64 Å². The number of rotatable bonds is 5. The van der Waals surface area contributed by atoms with Crippen LogP contribution in [0.25, 0.3) is 5.65 Å². The number of fused-ring (bicyclic) bond motifs is 1. The highest BCUT2D eigenvalue weighted by Gasteiger charge is 2.25. The Hall–Kier alpha value is -2.10. The summed E-state index contributed by atoms with van der Waals surface area (Å²) in [6.07, 6.45) is 0. The molecule has 1 aliphatic heterocycles. The number of aromatic nitrogens is 5. The number of thiophene rings is 1. The van der Waals surface area contributed by atoms with Crippen molar-refractivity contribution in [3.63, 3.8) is 0 Å². The minimum atomic E-state index is 0.324. The quantitative estimate of drug-likeness (QED) is 0.685. The van der Waals surface area contributed by atoms with Crippen molar-refractivity contribution >= 4 is 22.8 Å². The van der Waals surface area contributed by atoms with Gasteiger partial charge in [0.25, 0.3) is 0 Å². The number of nitrogens with zero attached hydrogens (tertiary/aromatic N) is 7. The lowest BCUT2D eigenvalue weighted by Gasteiger charge is -2.36. The van der Waals surface area contributed by atoms with E-state index in [0.717, 1.165) is 38.7 Å². The summed E-state index contributed by atoms with van der Waals surface area (Å²) in [6, 6.07) is 8.48. The first-order valence-electron chi connectivity index (χ1n) is 7.93. The summed E-state index contributed by atoms with van der Waals surface area (Å²) in [5.41, 5.74) is 0.648. The summed E-state index contributed by atoms with van der Waals surface area (Å²) in [4.78, 5) is 6.01. The second kappa shape index (κ2) is 6.80. The third kappa shape index (κ3) is 3.10. The molecule has 4 rings (SSSR count). The summed E-state index contributed by atoms with van der Waals surface area (Å²) < 4.78 is 6.97. The van der Waals surface area contributed by atoms with Gasteiger partial charge in [0.1, 0.15) is 0 Å². The van der Waals surface area contributed by atoms with Crippen LogP contribution in [0.5, 0.6) is 0 Å². The second-order valence-electron chi connectivity index (χ2n) is 5.78. The molecule has 0 bridgehead atoms. The Morgan fingerprint density at radius 2 is 2.17 bits per heavy atom. The molecule has 0 aliphatic carbocycles. The number of morpholine rings is 1. The summed E-state index contributed by atoms with van der Waals surface area (Å²) in [5, 5.41) is 18.0. The molecule has 1 atom stereocenters. The van der Waals surface area contributed by atoms with Crippen LogP contribution < -0.4 is 4.90 Å². The highest BCUT2D eigenvalue weighted by molar-refractivity contribution is 7.10. The molecule has 0 radical (unpaired) electrons. The van der Waals surface area contributed by atoms with Crippen molar-refractivity contribution in [2.24, 2.45) is 0 Å². The molecule has 8 nitrogen and oxygen atoms in total. The molecule has 3 aromatic heterocycles. The highest BCUT2D eigenvalue weighted by Crippen LogP contribution is 2.27. The SMILES string of the molecule is CN(CC(c1cccs1)N1CCOCC1)c1ccc2nnnn2n1. The molecular formula is C15H19N7OS. The predicted octanol–water partition coefficient (Wildman–Crippen LogP) is 1.09. The van der Waals surface area contributed by atoms with E-state index in [4.69, 9.17) is 4.74 Å². The van der Waals surface area contributed by atoms with Crippen LogP contribution in [-0.2, 0) is 4.74 Å². The molecule has 1 aliphatic rings. The van der Waals surface area contributed by atoms with Gasteiger partial charge in [-0.3, -0.25) is 4.90 Å². The standard InChI is InChI=1S/C15H19N7OS/c1-20(15-5-4-14-16-18-19-22(14)17-15)11-12(13-3-2-10-24-13)21-6-8-23-9-7-21/h2-5,10,12H,6-9,11H2,1H3. The Morgan fingerprint density at radius 1 is 1.29 bits per heavy atom. The smallest absolute Gasteiger partial charge is 0.200 e. The Bertz CT molecular complexity index is 784. The minimum absolute atomic E-state index is 0.324. The zero-order chi connectivity index (χ0) is 16.4. The maximum atomic E-state index is 5.51. The molecule has 0 N–H and O–H groups in total. The van der Waals surface area contributed by atoms with Crippen LogP contribution in [0.3, 0.4) is 0 Å². The number of hydrogen-bond acceptors (Lipinski definition) is 8. The van der Waals surface area contributed by atoms with Gasteiger partial charge in [0.2, 0.25) is 0 Å². The van der Waals surface area contributed by atoms with Crippen molar-refractivity contribution in [2.75, 3.05) is 44.8 Å². The van der Waals surface area contributed by atoms with Gasteiger partial charge >= 0.3 is 0 Å². The normalized spacial score (nSPS) is 17.2.